The van der Waals surface area contributed by atoms with Crippen LogP contribution in [-0.4, -0.2) is 166 Å². The van der Waals surface area contributed by atoms with E-state index >= 15 is 0 Å². The van der Waals surface area contributed by atoms with E-state index in [2.05, 4.69) is 95.1 Å². The summed E-state index contributed by atoms with van der Waals surface area (Å²) < 4.78 is 0. The van der Waals surface area contributed by atoms with Crippen molar-refractivity contribution in [1.29, 1.82) is 0 Å². The maximum absolute atomic E-state index is 5.29. The molecular formula is C32H64N8PtS4. The minimum atomic E-state index is 0. The third kappa shape index (κ3) is 16.4. The van der Waals surface area contributed by atoms with E-state index in [0.717, 1.165) is 99.0 Å². The maximum Gasteiger partial charge on any atom is 0.171 e. The Balaban J connectivity index is 0.000000569. The van der Waals surface area contributed by atoms with Gasteiger partial charge in [0.2, 0.25) is 0 Å². The van der Waals surface area contributed by atoms with Crippen molar-refractivity contribution >= 4 is 69.3 Å². The minimum absolute atomic E-state index is 0. The van der Waals surface area contributed by atoms with Crippen LogP contribution in [-0.2, 0) is 21.1 Å². The molecule has 266 valence electrons. The van der Waals surface area contributed by atoms with E-state index in [-0.39, 0.29) is 21.1 Å². The first-order chi connectivity index (χ1) is 21.0. The van der Waals surface area contributed by atoms with Crippen LogP contribution in [0.1, 0.15) is 79.1 Å². The standard InChI is InChI=1S/4C8H16N2S.Pt/c4*1-3-10-7-5-4-6-9(2)8(10)11;/h4*3-7H2,1-2H3;. The summed E-state index contributed by atoms with van der Waals surface area (Å²) >= 11 is 21.1. The average molecular weight is 884 g/mol. The van der Waals surface area contributed by atoms with Gasteiger partial charge in [0.1, 0.15) is 0 Å². The van der Waals surface area contributed by atoms with Gasteiger partial charge < -0.3 is 39.2 Å². The Labute approximate surface area is 313 Å². The molecule has 4 heterocycles. The summed E-state index contributed by atoms with van der Waals surface area (Å²) in [6.07, 6.45) is 10.2. The predicted octanol–water partition coefficient (Wildman–Crippen LogP) is 5.27. The summed E-state index contributed by atoms with van der Waals surface area (Å²) in [4.78, 5) is 17.8. The molecule has 45 heavy (non-hydrogen) atoms. The normalized spacial score (nSPS) is 19.9. The summed E-state index contributed by atoms with van der Waals surface area (Å²) in [5.74, 6) is 0. The quantitative estimate of drug-likeness (QED) is 0.345. The van der Waals surface area contributed by atoms with E-state index in [4.69, 9.17) is 48.9 Å². The Kier molecular flexibility index (Phi) is 25.2. The average Bonchev–Trinajstić information content (AvgIpc) is 3.45. The fourth-order valence-electron chi connectivity index (χ4n) is 5.51. The van der Waals surface area contributed by atoms with E-state index in [1.54, 1.807) is 0 Å². The topological polar surface area (TPSA) is 25.9 Å². The van der Waals surface area contributed by atoms with Gasteiger partial charge in [-0.2, -0.15) is 0 Å². The van der Waals surface area contributed by atoms with Crippen LogP contribution in [0, 0.1) is 0 Å². The SMILES string of the molecule is CCN1CCCCN(C)C1=S.CCN1CCCCN(C)C1=S.CCN1CCCCN(C)C1=S.CCN1CCCCN(C)C1=S.[Pt]. The van der Waals surface area contributed by atoms with Gasteiger partial charge in [0, 0.05) is 128 Å². The van der Waals surface area contributed by atoms with Crippen LogP contribution in [0.5, 0.6) is 0 Å². The molecule has 13 heteroatoms. The van der Waals surface area contributed by atoms with Crippen molar-refractivity contribution in [3.63, 3.8) is 0 Å². The van der Waals surface area contributed by atoms with Crippen LogP contribution in [0.3, 0.4) is 0 Å². The second-order valence-corrected chi connectivity index (χ2v) is 13.4. The van der Waals surface area contributed by atoms with Crippen LogP contribution in [0.25, 0.3) is 0 Å². The molecule has 4 fully saturated rings. The first-order valence-corrected chi connectivity index (χ1v) is 18.7. The molecule has 4 rings (SSSR count). The molecule has 0 bridgehead atoms. The molecule has 0 aromatic carbocycles. The molecule has 0 aliphatic carbocycles. The zero-order valence-electron chi connectivity index (χ0n) is 29.7. The number of hydrogen-bond donors (Lipinski definition) is 0. The number of rotatable bonds is 4. The van der Waals surface area contributed by atoms with E-state index in [0.29, 0.717) is 0 Å². The van der Waals surface area contributed by atoms with Crippen LogP contribution >= 0.6 is 48.9 Å². The molecule has 0 amide bonds. The van der Waals surface area contributed by atoms with Crippen LogP contribution in [0.4, 0.5) is 0 Å². The number of thiocarbonyl (C=S) groups is 4. The van der Waals surface area contributed by atoms with Crippen LogP contribution in [0.2, 0.25) is 0 Å². The molecule has 8 nitrogen and oxygen atoms in total. The molecular weight excluding hydrogens is 820 g/mol. The van der Waals surface area contributed by atoms with Crippen LogP contribution < -0.4 is 0 Å². The zero-order valence-corrected chi connectivity index (χ0v) is 35.2. The van der Waals surface area contributed by atoms with Gasteiger partial charge in [-0.15, -0.1) is 0 Å². The summed E-state index contributed by atoms with van der Waals surface area (Å²) in [5.41, 5.74) is 0. The van der Waals surface area contributed by atoms with E-state index in [1.165, 1.54) is 51.4 Å². The summed E-state index contributed by atoms with van der Waals surface area (Å²) in [6.45, 7) is 21.8. The summed E-state index contributed by atoms with van der Waals surface area (Å²) in [7, 11) is 8.32. The number of nitrogens with zero attached hydrogens (tertiary/aromatic N) is 8. The first kappa shape index (κ1) is 44.4. The Hall–Kier alpha value is -0.552. The summed E-state index contributed by atoms with van der Waals surface area (Å²) in [6, 6.07) is 0. The van der Waals surface area contributed by atoms with Crippen molar-refractivity contribution < 1.29 is 21.1 Å². The van der Waals surface area contributed by atoms with Crippen molar-refractivity contribution in [1.82, 2.24) is 39.2 Å². The Morgan fingerprint density at radius 3 is 0.667 bits per heavy atom. The van der Waals surface area contributed by atoms with Gasteiger partial charge in [0.25, 0.3) is 0 Å². The molecule has 0 aromatic rings. The van der Waals surface area contributed by atoms with Crippen molar-refractivity contribution in [2.75, 3.05) is 107 Å². The van der Waals surface area contributed by atoms with Crippen molar-refractivity contribution in [2.45, 2.75) is 79.1 Å². The van der Waals surface area contributed by atoms with Crippen molar-refractivity contribution in [3.8, 4) is 0 Å². The van der Waals surface area contributed by atoms with Gasteiger partial charge in [-0.05, 0) is 128 Å². The fraction of sp³-hybridized carbons (Fsp3) is 0.875. The predicted molar refractivity (Wildman–Crippen MR) is 207 cm³/mol. The monoisotopic (exact) mass is 883 g/mol. The molecule has 4 saturated heterocycles. The molecule has 0 radical (unpaired) electrons. The van der Waals surface area contributed by atoms with E-state index in [9.17, 15) is 0 Å². The smallest absolute Gasteiger partial charge is 0.171 e. The molecule has 0 atom stereocenters. The third-order valence-electron chi connectivity index (χ3n) is 8.60. The second kappa shape index (κ2) is 25.5. The Morgan fingerprint density at radius 1 is 0.356 bits per heavy atom. The van der Waals surface area contributed by atoms with E-state index < -0.39 is 0 Å². The van der Waals surface area contributed by atoms with Crippen molar-refractivity contribution in [3.05, 3.63) is 0 Å². The molecule has 4 aliphatic heterocycles. The zero-order chi connectivity index (χ0) is 33.1. The second-order valence-electron chi connectivity index (χ2n) is 12.0. The van der Waals surface area contributed by atoms with Gasteiger partial charge in [-0.3, -0.25) is 0 Å². The van der Waals surface area contributed by atoms with Gasteiger partial charge in [0.15, 0.2) is 20.4 Å². The van der Waals surface area contributed by atoms with Gasteiger partial charge in [-0.1, -0.05) is 0 Å². The molecule has 0 aromatic heterocycles. The Morgan fingerprint density at radius 2 is 0.511 bits per heavy atom. The molecule has 0 saturated carbocycles. The molecule has 0 spiro atoms. The van der Waals surface area contributed by atoms with Gasteiger partial charge in [0.05, 0.1) is 0 Å². The first-order valence-electron chi connectivity index (χ1n) is 17.0. The third-order valence-corrected chi connectivity index (χ3v) is 10.9. The molecule has 0 N–H and O–H groups in total. The maximum atomic E-state index is 5.29. The molecule has 4 aliphatic rings. The minimum Gasteiger partial charge on any atom is -0.352 e. The largest absolute Gasteiger partial charge is 0.352 e. The molecule has 0 unspecified atom stereocenters. The van der Waals surface area contributed by atoms with E-state index in [1.807, 2.05) is 0 Å². The summed E-state index contributed by atoms with van der Waals surface area (Å²) in [5, 5.41) is 4.07. The Bertz CT molecular complexity index is 731. The van der Waals surface area contributed by atoms with Crippen LogP contribution in [0.15, 0.2) is 0 Å². The van der Waals surface area contributed by atoms with Gasteiger partial charge >= 0.3 is 0 Å². The van der Waals surface area contributed by atoms with Gasteiger partial charge in [-0.25, -0.2) is 0 Å². The van der Waals surface area contributed by atoms with Crippen molar-refractivity contribution in [2.24, 2.45) is 0 Å². The fourth-order valence-corrected chi connectivity index (χ4v) is 6.76. The number of hydrogen-bond acceptors (Lipinski definition) is 4.